The number of hydrogen-bond acceptors (Lipinski definition) is 5. The van der Waals surface area contributed by atoms with Crippen molar-refractivity contribution in [3.8, 4) is 0 Å². The molecule has 0 radical (unpaired) electrons. The summed E-state index contributed by atoms with van der Waals surface area (Å²) < 4.78 is 1.92. The van der Waals surface area contributed by atoms with E-state index in [2.05, 4.69) is 25.8 Å². The standard InChI is InChI=1S/C19H18N6O2S/c26-16(22-18(27)20-12-13-6-2-1-3-7-13)10-11-28-19-24-23-17-21-14-8-4-5-9-15(14)25(17)19/h1-9H,10-12H2,(H,21,23)(H2,20,22,26,27). The molecule has 0 aliphatic rings. The number of imide groups is 1. The minimum absolute atomic E-state index is 0.199. The smallest absolute Gasteiger partial charge is 0.321 e. The van der Waals surface area contributed by atoms with Crippen LogP contribution in [0.5, 0.6) is 0 Å². The van der Waals surface area contributed by atoms with Gasteiger partial charge in [-0.15, -0.1) is 5.10 Å². The first kappa shape index (κ1) is 18.1. The number of aromatic amines is 1. The molecular formula is C19H18N6O2S. The molecule has 0 saturated heterocycles. The maximum atomic E-state index is 12.0. The number of para-hydroxylation sites is 2. The number of rotatable bonds is 6. The number of amides is 3. The topological polar surface area (TPSA) is 104 Å². The van der Waals surface area contributed by atoms with Gasteiger partial charge in [0.1, 0.15) is 0 Å². The molecule has 0 atom stereocenters. The van der Waals surface area contributed by atoms with E-state index < -0.39 is 6.03 Å². The van der Waals surface area contributed by atoms with Crippen LogP contribution in [0.4, 0.5) is 4.79 Å². The first-order valence-electron chi connectivity index (χ1n) is 8.76. The highest BCUT2D eigenvalue weighted by Crippen LogP contribution is 2.23. The van der Waals surface area contributed by atoms with Crippen LogP contribution in [-0.2, 0) is 11.3 Å². The molecule has 0 fully saturated rings. The normalized spacial score (nSPS) is 11.0. The molecule has 142 valence electrons. The van der Waals surface area contributed by atoms with Crippen LogP contribution < -0.4 is 10.6 Å². The quantitative estimate of drug-likeness (QED) is 0.436. The van der Waals surface area contributed by atoms with Crippen LogP contribution in [0.2, 0.25) is 0 Å². The van der Waals surface area contributed by atoms with Crippen LogP contribution in [0.1, 0.15) is 12.0 Å². The summed E-state index contributed by atoms with van der Waals surface area (Å²) in [5.41, 5.74) is 2.81. The third kappa shape index (κ3) is 3.99. The lowest BCUT2D eigenvalue weighted by Gasteiger charge is -2.06. The summed E-state index contributed by atoms with van der Waals surface area (Å²) in [4.78, 5) is 28.3. The number of fused-ring (bicyclic) bond motifs is 3. The predicted molar refractivity (Wildman–Crippen MR) is 107 cm³/mol. The maximum absolute atomic E-state index is 12.0. The number of urea groups is 1. The van der Waals surface area contributed by atoms with Crippen LogP contribution in [-0.4, -0.2) is 37.3 Å². The van der Waals surface area contributed by atoms with E-state index in [0.29, 0.717) is 18.1 Å². The maximum Gasteiger partial charge on any atom is 0.321 e. The number of aromatic nitrogens is 4. The molecule has 0 aliphatic carbocycles. The molecule has 9 heteroatoms. The molecule has 4 aromatic rings. The summed E-state index contributed by atoms with van der Waals surface area (Å²) in [6.45, 7) is 0.369. The van der Waals surface area contributed by atoms with Gasteiger partial charge in [-0.05, 0) is 17.7 Å². The summed E-state index contributed by atoms with van der Waals surface area (Å²) in [6, 6.07) is 16.8. The Labute approximate surface area is 164 Å². The molecule has 2 aromatic heterocycles. The highest BCUT2D eigenvalue weighted by Gasteiger charge is 2.13. The number of thioether (sulfide) groups is 1. The van der Waals surface area contributed by atoms with Gasteiger partial charge >= 0.3 is 6.03 Å². The van der Waals surface area contributed by atoms with Crippen molar-refractivity contribution >= 4 is 40.5 Å². The Kier molecular flexibility index (Phi) is 5.24. The zero-order chi connectivity index (χ0) is 19.3. The van der Waals surface area contributed by atoms with Gasteiger partial charge in [0.25, 0.3) is 0 Å². The van der Waals surface area contributed by atoms with E-state index in [1.165, 1.54) is 11.8 Å². The Morgan fingerprint density at radius 1 is 1.07 bits per heavy atom. The summed E-state index contributed by atoms with van der Waals surface area (Å²) in [5, 5.41) is 12.9. The summed E-state index contributed by atoms with van der Waals surface area (Å²) >= 11 is 1.43. The second kappa shape index (κ2) is 8.13. The highest BCUT2D eigenvalue weighted by molar-refractivity contribution is 7.99. The van der Waals surface area contributed by atoms with Crippen molar-refractivity contribution in [3.05, 3.63) is 60.2 Å². The lowest BCUT2D eigenvalue weighted by Crippen LogP contribution is -2.39. The van der Waals surface area contributed by atoms with Crippen LogP contribution >= 0.6 is 11.8 Å². The SMILES string of the molecule is O=C(CCSc1n[nH]c2nc3ccccc3n12)NC(=O)NCc1ccccc1. The van der Waals surface area contributed by atoms with Crippen molar-refractivity contribution in [3.63, 3.8) is 0 Å². The Morgan fingerprint density at radius 2 is 1.86 bits per heavy atom. The number of carbonyl (C=O) groups is 2. The van der Waals surface area contributed by atoms with E-state index in [0.717, 1.165) is 21.8 Å². The summed E-state index contributed by atoms with van der Waals surface area (Å²) in [5.74, 6) is 0.818. The average molecular weight is 394 g/mol. The van der Waals surface area contributed by atoms with Crippen molar-refractivity contribution < 1.29 is 9.59 Å². The van der Waals surface area contributed by atoms with Gasteiger partial charge in [0.15, 0.2) is 5.16 Å². The Morgan fingerprint density at radius 3 is 2.71 bits per heavy atom. The zero-order valence-corrected chi connectivity index (χ0v) is 15.7. The molecule has 0 spiro atoms. The minimum atomic E-state index is -0.499. The van der Waals surface area contributed by atoms with Crippen molar-refractivity contribution in [2.24, 2.45) is 0 Å². The number of imidazole rings is 1. The zero-order valence-electron chi connectivity index (χ0n) is 14.9. The second-order valence-corrected chi connectivity index (χ2v) is 7.14. The monoisotopic (exact) mass is 394 g/mol. The summed E-state index contributed by atoms with van der Waals surface area (Å²) in [6.07, 6.45) is 0.199. The van der Waals surface area contributed by atoms with E-state index in [1.807, 2.05) is 59.0 Å². The van der Waals surface area contributed by atoms with Gasteiger partial charge in [0, 0.05) is 18.7 Å². The van der Waals surface area contributed by atoms with Crippen LogP contribution in [0.25, 0.3) is 16.8 Å². The van der Waals surface area contributed by atoms with Crippen molar-refractivity contribution in [1.82, 2.24) is 30.2 Å². The van der Waals surface area contributed by atoms with E-state index in [4.69, 9.17) is 0 Å². The lowest BCUT2D eigenvalue weighted by molar-refractivity contribution is -0.119. The van der Waals surface area contributed by atoms with E-state index in [1.54, 1.807) is 0 Å². The van der Waals surface area contributed by atoms with Crippen LogP contribution in [0, 0.1) is 0 Å². The van der Waals surface area contributed by atoms with Gasteiger partial charge in [-0.2, -0.15) is 0 Å². The molecule has 3 N–H and O–H groups in total. The highest BCUT2D eigenvalue weighted by atomic mass is 32.2. The lowest BCUT2D eigenvalue weighted by atomic mass is 10.2. The molecule has 8 nitrogen and oxygen atoms in total. The molecule has 0 unspecified atom stereocenters. The Hall–Kier alpha value is -3.33. The van der Waals surface area contributed by atoms with Gasteiger partial charge < -0.3 is 5.32 Å². The third-order valence-electron chi connectivity index (χ3n) is 4.11. The number of benzene rings is 2. The van der Waals surface area contributed by atoms with E-state index in [-0.39, 0.29) is 12.3 Å². The van der Waals surface area contributed by atoms with Gasteiger partial charge in [0.2, 0.25) is 11.7 Å². The third-order valence-corrected chi connectivity index (χ3v) is 5.05. The molecule has 28 heavy (non-hydrogen) atoms. The second-order valence-electron chi connectivity index (χ2n) is 6.08. The van der Waals surface area contributed by atoms with Crippen molar-refractivity contribution in [2.75, 3.05) is 5.75 Å². The first-order valence-corrected chi connectivity index (χ1v) is 9.75. The fraction of sp³-hybridized carbons (Fsp3) is 0.158. The van der Waals surface area contributed by atoms with Gasteiger partial charge in [-0.1, -0.05) is 54.2 Å². The molecule has 2 heterocycles. The minimum Gasteiger partial charge on any atom is -0.334 e. The molecule has 4 rings (SSSR count). The van der Waals surface area contributed by atoms with Crippen molar-refractivity contribution in [2.45, 2.75) is 18.1 Å². The van der Waals surface area contributed by atoms with Crippen LogP contribution in [0.15, 0.2) is 59.8 Å². The van der Waals surface area contributed by atoms with Crippen molar-refractivity contribution in [1.29, 1.82) is 0 Å². The molecule has 2 aromatic carbocycles. The molecule has 3 amide bonds. The fourth-order valence-corrected chi connectivity index (χ4v) is 3.68. The number of carbonyl (C=O) groups excluding carboxylic acids is 2. The van der Waals surface area contributed by atoms with Crippen LogP contribution in [0.3, 0.4) is 0 Å². The number of nitrogens with one attached hydrogen (secondary N) is 3. The average Bonchev–Trinajstić information content (AvgIpc) is 3.27. The Balaban J connectivity index is 1.27. The van der Waals surface area contributed by atoms with Gasteiger partial charge in [-0.25, -0.2) is 14.9 Å². The number of H-pyrrole nitrogens is 1. The summed E-state index contributed by atoms with van der Waals surface area (Å²) in [7, 11) is 0. The fourth-order valence-electron chi connectivity index (χ4n) is 2.79. The Bertz CT molecular complexity index is 1120. The van der Waals surface area contributed by atoms with E-state index >= 15 is 0 Å². The molecule has 0 saturated carbocycles. The molecule has 0 bridgehead atoms. The molecule has 0 aliphatic heterocycles. The molecular weight excluding hydrogens is 376 g/mol. The number of hydrogen-bond donors (Lipinski definition) is 3. The van der Waals surface area contributed by atoms with Gasteiger partial charge in [-0.3, -0.25) is 14.5 Å². The largest absolute Gasteiger partial charge is 0.334 e. The predicted octanol–water partition coefficient (Wildman–Crippen LogP) is 2.72. The van der Waals surface area contributed by atoms with Gasteiger partial charge in [0.05, 0.1) is 11.0 Å². The number of nitrogens with zero attached hydrogens (tertiary/aromatic N) is 3. The first-order chi connectivity index (χ1) is 13.7. The van der Waals surface area contributed by atoms with E-state index in [9.17, 15) is 9.59 Å².